The van der Waals surface area contributed by atoms with Crippen molar-refractivity contribution < 1.29 is 22.4 Å². The molecule has 0 saturated heterocycles. The van der Waals surface area contributed by atoms with E-state index in [9.17, 15) is 22.4 Å². The molecular formula is C18H14F4N4O. The first-order valence-corrected chi connectivity index (χ1v) is 7.77. The van der Waals surface area contributed by atoms with Gasteiger partial charge in [0.2, 0.25) is 0 Å². The highest BCUT2D eigenvalue weighted by Gasteiger charge is 2.34. The number of alkyl halides is 3. The Balaban J connectivity index is 1.98. The second-order valence-electron chi connectivity index (χ2n) is 5.79. The maximum atomic E-state index is 13.5. The predicted molar refractivity (Wildman–Crippen MR) is 90.6 cm³/mol. The van der Waals surface area contributed by atoms with E-state index in [1.807, 2.05) is 0 Å². The molecular weight excluding hydrogens is 364 g/mol. The van der Waals surface area contributed by atoms with Crippen molar-refractivity contribution in [2.45, 2.75) is 6.18 Å². The fraction of sp³-hybridized carbons (Fsp3) is 0.167. The molecule has 5 nitrogen and oxygen atoms in total. The zero-order chi connectivity index (χ0) is 19.8. The van der Waals surface area contributed by atoms with Crippen molar-refractivity contribution in [2.75, 3.05) is 11.9 Å². The molecule has 0 aliphatic rings. The molecule has 3 rings (SSSR count). The number of nitrogens with zero attached hydrogens (tertiary/aromatic N) is 4. The van der Waals surface area contributed by atoms with Crippen molar-refractivity contribution in [2.24, 2.45) is 7.05 Å². The Labute approximate surface area is 151 Å². The molecule has 0 fully saturated rings. The maximum Gasteiger partial charge on any atom is 0.419 e. The zero-order valence-corrected chi connectivity index (χ0v) is 14.3. The molecule has 0 unspecified atom stereocenters. The highest BCUT2D eigenvalue weighted by molar-refractivity contribution is 6.04. The zero-order valence-electron chi connectivity index (χ0n) is 14.3. The number of carbonyl (C=O) groups excluding carboxylic acids is 1. The van der Waals surface area contributed by atoms with E-state index < -0.39 is 23.5 Å². The molecule has 0 aliphatic carbocycles. The first-order valence-electron chi connectivity index (χ1n) is 7.77. The van der Waals surface area contributed by atoms with E-state index in [1.54, 1.807) is 25.4 Å². The van der Waals surface area contributed by atoms with Gasteiger partial charge >= 0.3 is 6.18 Å². The normalized spacial score (nSPS) is 11.5. The van der Waals surface area contributed by atoms with E-state index in [0.717, 1.165) is 6.07 Å². The van der Waals surface area contributed by atoms with Crippen LogP contribution in [0.2, 0.25) is 0 Å². The number of aromatic nitrogens is 3. The first kappa shape index (κ1) is 18.6. The highest BCUT2D eigenvalue weighted by Crippen LogP contribution is 2.34. The van der Waals surface area contributed by atoms with Gasteiger partial charge in [-0.25, -0.2) is 9.37 Å². The van der Waals surface area contributed by atoms with E-state index >= 15 is 0 Å². The van der Waals surface area contributed by atoms with Crippen LogP contribution in [0.25, 0.3) is 11.4 Å². The molecule has 0 spiro atoms. The molecule has 1 amide bonds. The summed E-state index contributed by atoms with van der Waals surface area (Å²) in [5.41, 5.74) is -0.627. The molecule has 0 N–H and O–H groups in total. The lowest BCUT2D eigenvalue weighted by Gasteiger charge is -2.17. The molecule has 0 atom stereocenters. The summed E-state index contributed by atoms with van der Waals surface area (Å²) >= 11 is 0. The van der Waals surface area contributed by atoms with Crippen LogP contribution in [0.1, 0.15) is 16.1 Å². The summed E-state index contributed by atoms with van der Waals surface area (Å²) in [5, 5.41) is 0. The molecule has 0 bridgehead atoms. The van der Waals surface area contributed by atoms with E-state index in [0.29, 0.717) is 11.8 Å². The number of carbonyl (C=O) groups is 1. The molecule has 2 heterocycles. The van der Waals surface area contributed by atoms with Crippen molar-refractivity contribution in [3.8, 4) is 11.4 Å². The molecule has 27 heavy (non-hydrogen) atoms. The number of hydrogen-bond donors (Lipinski definition) is 0. The summed E-state index contributed by atoms with van der Waals surface area (Å²) in [6, 6.07) is 5.96. The SMILES string of the molecule is CN(C(=O)c1cnc(-c2ccc(F)c(C(F)(F)F)c2)n1C)c1cccnc1. The number of imidazole rings is 1. The quantitative estimate of drug-likeness (QED) is 0.649. The minimum absolute atomic E-state index is 0.0503. The van der Waals surface area contributed by atoms with Crippen molar-refractivity contribution >= 4 is 11.6 Å². The van der Waals surface area contributed by atoms with Crippen molar-refractivity contribution in [1.82, 2.24) is 14.5 Å². The van der Waals surface area contributed by atoms with Gasteiger partial charge in [-0.15, -0.1) is 0 Å². The largest absolute Gasteiger partial charge is 0.419 e. The predicted octanol–water partition coefficient (Wildman–Crippen LogP) is 3.92. The Morgan fingerprint density at radius 2 is 1.93 bits per heavy atom. The van der Waals surface area contributed by atoms with Crippen LogP contribution < -0.4 is 4.90 Å². The Hall–Kier alpha value is -3.23. The summed E-state index contributed by atoms with van der Waals surface area (Å²) in [6.07, 6.45) is -0.493. The lowest BCUT2D eigenvalue weighted by atomic mass is 10.1. The van der Waals surface area contributed by atoms with E-state index in [2.05, 4.69) is 9.97 Å². The highest BCUT2D eigenvalue weighted by atomic mass is 19.4. The minimum atomic E-state index is -4.83. The van der Waals surface area contributed by atoms with Crippen molar-refractivity contribution in [3.63, 3.8) is 0 Å². The van der Waals surface area contributed by atoms with Crippen molar-refractivity contribution in [3.05, 3.63) is 66.0 Å². The van der Waals surface area contributed by atoms with Crippen LogP contribution >= 0.6 is 0 Å². The standard InChI is InChI=1S/C18H14F4N4O/c1-25(12-4-3-7-23-9-12)17(27)15-10-24-16(26(15)2)11-5-6-14(19)13(8-11)18(20,21)22/h3-10H,1-2H3. The Kier molecular flexibility index (Phi) is 4.69. The summed E-state index contributed by atoms with van der Waals surface area (Å²) in [4.78, 5) is 22.0. The molecule has 0 aliphatic heterocycles. The van der Waals surface area contributed by atoms with Crippen LogP contribution in [-0.4, -0.2) is 27.5 Å². The number of rotatable bonds is 3. The summed E-state index contributed by atoms with van der Waals surface area (Å²) < 4.78 is 53.7. The molecule has 0 saturated carbocycles. The Morgan fingerprint density at radius 3 is 2.56 bits per heavy atom. The number of amides is 1. The summed E-state index contributed by atoms with van der Waals surface area (Å²) in [5.74, 6) is -1.67. The van der Waals surface area contributed by atoms with Crippen LogP contribution in [0, 0.1) is 5.82 Å². The minimum Gasteiger partial charge on any atom is -0.323 e. The maximum absolute atomic E-state index is 13.5. The molecule has 1 aromatic carbocycles. The van der Waals surface area contributed by atoms with Crippen LogP contribution in [0.4, 0.5) is 23.2 Å². The van der Waals surface area contributed by atoms with Crippen LogP contribution in [0.15, 0.2) is 48.9 Å². The van der Waals surface area contributed by atoms with Crippen LogP contribution in [-0.2, 0) is 13.2 Å². The van der Waals surface area contributed by atoms with Gasteiger partial charge in [-0.2, -0.15) is 13.2 Å². The van der Waals surface area contributed by atoms with Gasteiger partial charge in [-0.3, -0.25) is 9.78 Å². The van der Waals surface area contributed by atoms with Gasteiger partial charge in [-0.1, -0.05) is 0 Å². The first-order chi connectivity index (χ1) is 12.7. The third-order valence-corrected chi connectivity index (χ3v) is 4.08. The van der Waals surface area contributed by atoms with E-state index in [4.69, 9.17) is 0 Å². The number of hydrogen-bond acceptors (Lipinski definition) is 3. The van der Waals surface area contributed by atoms with E-state index in [-0.39, 0.29) is 17.1 Å². The average molecular weight is 378 g/mol. The van der Waals surface area contributed by atoms with Gasteiger partial charge in [0.15, 0.2) is 0 Å². The lowest BCUT2D eigenvalue weighted by Crippen LogP contribution is -2.28. The molecule has 2 aromatic heterocycles. The van der Waals surface area contributed by atoms with Gasteiger partial charge in [0, 0.05) is 25.9 Å². The smallest absolute Gasteiger partial charge is 0.323 e. The fourth-order valence-electron chi connectivity index (χ4n) is 2.60. The summed E-state index contributed by atoms with van der Waals surface area (Å²) in [6.45, 7) is 0. The Morgan fingerprint density at radius 1 is 1.19 bits per heavy atom. The van der Waals surface area contributed by atoms with Crippen molar-refractivity contribution in [1.29, 1.82) is 0 Å². The Bertz CT molecular complexity index is 983. The van der Waals surface area contributed by atoms with Gasteiger partial charge in [0.05, 0.1) is 23.6 Å². The molecule has 3 aromatic rings. The average Bonchev–Trinajstić information content (AvgIpc) is 3.02. The number of halogens is 4. The van der Waals surface area contributed by atoms with Crippen LogP contribution in [0.3, 0.4) is 0 Å². The van der Waals surface area contributed by atoms with Gasteiger partial charge in [0.25, 0.3) is 5.91 Å². The number of anilines is 1. The third kappa shape index (κ3) is 3.53. The lowest BCUT2D eigenvalue weighted by molar-refractivity contribution is -0.139. The molecule has 0 radical (unpaired) electrons. The van der Waals surface area contributed by atoms with Gasteiger partial charge in [0.1, 0.15) is 17.3 Å². The van der Waals surface area contributed by atoms with E-state index in [1.165, 1.54) is 35.0 Å². The number of benzene rings is 1. The second kappa shape index (κ2) is 6.82. The topological polar surface area (TPSA) is 51.0 Å². The molecule has 9 heteroatoms. The van der Waals surface area contributed by atoms with Gasteiger partial charge < -0.3 is 9.47 Å². The third-order valence-electron chi connectivity index (χ3n) is 4.08. The second-order valence-corrected chi connectivity index (χ2v) is 5.79. The van der Waals surface area contributed by atoms with Gasteiger partial charge in [-0.05, 0) is 30.3 Å². The summed E-state index contributed by atoms with van der Waals surface area (Å²) in [7, 11) is 3.05. The molecule has 140 valence electrons. The fourth-order valence-corrected chi connectivity index (χ4v) is 2.60. The monoisotopic (exact) mass is 378 g/mol. The van der Waals surface area contributed by atoms with Crippen LogP contribution in [0.5, 0.6) is 0 Å². The number of pyridine rings is 1.